The summed E-state index contributed by atoms with van der Waals surface area (Å²) in [7, 11) is 1.56. The lowest BCUT2D eigenvalue weighted by Gasteiger charge is -2.12. The molecule has 0 unspecified atom stereocenters. The summed E-state index contributed by atoms with van der Waals surface area (Å²) in [6.45, 7) is 2.03. The fourth-order valence-corrected chi connectivity index (χ4v) is 3.51. The van der Waals surface area contributed by atoms with Crippen LogP contribution in [0.25, 0.3) is 0 Å². The van der Waals surface area contributed by atoms with E-state index in [1.165, 1.54) is 11.6 Å². The molecule has 144 valence electrons. The van der Waals surface area contributed by atoms with E-state index in [1.807, 2.05) is 31.2 Å². The number of para-hydroxylation sites is 1. The number of hydrogen-bond acceptors (Lipinski definition) is 3. The number of anilines is 1. The minimum absolute atomic E-state index is 0.294. The molecule has 0 heterocycles. The van der Waals surface area contributed by atoms with Crippen LogP contribution in [-0.2, 0) is 5.75 Å². The summed E-state index contributed by atoms with van der Waals surface area (Å²) in [4.78, 5) is 13.6. The van der Waals surface area contributed by atoms with Crippen molar-refractivity contribution in [2.75, 3.05) is 12.4 Å². The number of aryl methyl sites for hydroxylation is 1. The van der Waals surface area contributed by atoms with Gasteiger partial charge in [-0.2, -0.15) is 0 Å². The van der Waals surface area contributed by atoms with E-state index >= 15 is 0 Å². The first-order valence-corrected chi connectivity index (χ1v) is 9.58. The monoisotopic (exact) mass is 399 g/mol. The third kappa shape index (κ3) is 4.70. The summed E-state index contributed by atoms with van der Waals surface area (Å²) in [6, 6.07) is 16.5. The van der Waals surface area contributed by atoms with Crippen molar-refractivity contribution in [1.29, 1.82) is 0 Å². The number of hydrogen-bond donors (Lipinski definition) is 1. The molecule has 0 aliphatic carbocycles. The van der Waals surface area contributed by atoms with Crippen LogP contribution < -0.4 is 10.1 Å². The van der Waals surface area contributed by atoms with E-state index < -0.39 is 23.2 Å². The maximum Gasteiger partial charge on any atom is 0.255 e. The Morgan fingerprint density at radius 1 is 1.04 bits per heavy atom. The summed E-state index contributed by atoms with van der Waals surface area (Å²) in [6.07, 6.45) is 0. The molecule has 0 spiro atoms. The van der Waals surface area contributed by atoms with Gasteiger partial charge in [-0.25, -0.2) is 8.78 Å². The number of rotatable bonds is 6. The average molecular weight is 399 g/mol. The molecule has 0 saturated heterocycles. The van der Waals surface area contributed by atoms with Gasteiger partial charge in [-0.1, -0.05) is 23.8 Å². The van der Waals surface area contributed by atoms with Crippen LogP contribution in [0.3, 0.4) is 0 Å². The number of amides is 1. The number of nitrogens with one attached hydrogen (secondary N) is 1. The molecular weight excluding hydrogens is 380 g/mol. The molecule has 0 aromatic heterocycles. The zero-order chi connectivity index (χ0) is 20.1. The predicted octanol–water partition coefficient (Wildman–Crippen LogP) is 5.83. The first kappa shape index (κ1) is 19.9. The molecule has 0 saturated carbocycles. The van der Waals surface area contributed by atoms with Gasteiger partial charge in [-0.3, -0.25) is 4.79 Å². The Morgan fingerprint density at radius 3 is 2.36 bits per heavy atom. The van der Waals surface area contributed by atoms with Crippen LogP contribution >= 0.6 is 11.8 Å². The summed E-state index contributed by atoms with van der Waals surface area (Å²) in [5.74, 6) is -1.00. The fourth-order valence-electron chi connectivity index (χ4n) is 2.63. The molecule has 0 radical (unpaired) electrons. The standard InChI is InChI=1S/C22H19F2NO2S/c1-14-6-9-17(10-7-14)28-13-16-12-15(8-11-20(16)27-2)22(26)25-21-18(23)4-3-5-19(21)24/h3-12H,13H2,1-2H3,(H,25,26). The minimum Gasteiger partial charge on any atom is -0.496 e. The van der Waals surface area contributed by atoms with E-state index in [0.29, 0.717) is 17.1 Å². The van der Waals surface area contributed by atoms with E-state index in [2.05, 4.69) is 5.32 Å². The van der Waals surface area contributed by atoms with Crippen LogP contribution in [0.15, 0.2) is 65.6 Å². The van der Waals surface area contributed by atoms with Gasteiger partial charge < -0.3 is 10.1 Å². The highest BCUT2D eigenvalue weighted by Crippen LogP contribution is 2.29. The lowest BCUT2D eigenvalue weighted by molar-refractivity contribution is 0.102. The molecule has 0 aliphatic rings. The van der Waals surface area contributed by atoms with Crippen LogP contribution in [0.1, 0.15) is 21.5 Å². The first-order valence-electron chi connectivity index (χ1n) is 8.59. The molecule has 1 amide bonds. The lowest BCUT2D eigenvalue weighted by atomic mass is 10.1. The number of benzene rings is 3. The Kier molecular flexibility index (Phi) is 6.31. The topological polar surface area (TPSA) is 38.3 Å². The first-order chi connectivity index (χ1) is 13.5. The van der Waals surface area contributed by atoms with Crippen molar-refractivity contribution < 1.29 is 18.3 Å². The van der Waals surface area contributed by atoms with E-state index in [0.717, 1.165) is 22.6 Å². The van der Waals surface area contributed by atoms with Gasteiger partial charge in [0, 0.05) is 21.8 Å². The zero-order valence-electron chi connectivity index (χ0n) is 15.5. The van der Waals surface area contributed by atoms with Crippen molar-refractivity contribution in [1.82, 2.24) is 0 Å². The molecular formula is C22H19F2NO2S. The number of thioether (sulfide) groups is 1. The molecule has 6 heteroatoms. The molecule has 3 aromatic rings. The van der Waals surface area contributed by atoms with Gasteiger partial charge >= 0.3 is 0 Å². The highest BCUT2D eigenvalue weighted by molar-refractivity contribution is 7.98. The maximum absolute atomic E-state index is 13.8. The predicted molar refractivity (Wildman–Crippen MR) is 108 cm³/mol. The van der Waals surface area contributed by atoms with Crippen LogP contribution in [0.2, 0.25) is 0 Å². The second-order valence-electron chi connectivity index (χ2n) is 6.18. The van der Waals surface area contributed by atoms with Gasteiger partial charge in [0.25, 0.3) is 5.91 Å². The van der Waals surface area contributed by atoms with Crippen LogP contribution in [0.5, 0.6) is 5.75 Å². The number of halogens is 2. The number of carbonyl (C=O) groups is 1. The molecule has 3 nitrogen and oxygen atoms in total. The Bertz CT molecular complexity index is 970. The Labute approximate surface area is 166 Å². The molecule has 0 aliphatic heterocycles. The molecule has 0 bridgehead atoms. The summed E-state index contributed by atoms with van der Waals surface area (Å²) >= 11 is 1.61. The van der Waals surface area contributed by atoms with Crippen molar-refractivity contribution in [3.8, 4) is 5.75 Å². The van der Waals surface area contributed by atoms with Gasteiger partial charge in [0.1, 0.15) is 23.1 Å². The number of ether oxygens (including phenoxy) is 1. The summed E-state index contributed by atoms with van der Waals surface area (Å²) in [5.41, 5.74) is 1.83. The molecule has 0 atom stereocenters. The SMILES string of the molecule is COc1ccc(C(=O)Nc2c(F)cccc2F)cc1CSc1ccc(C)cc1. The van der Waals surface area contributed by atoms with Crippen molar-refractivity contribution >= 4 is 23.4 Å². The summed E-state index contributed by atoms with van der Waals surface area (Å²) in [5, 5.41) is 2.30. The fraction of sp³-hybridized carbons (Fsp3) is 0.136. The highest BCUT2D eigenvalue weighted by Gasteiger charge is 2.15. The molecule has 3 aromatic carbocycles. The van der Waals surface area contributed by atoms with Crippen molar-refractivity contribution in [2.45, 2.75) is 17.6 Å². The Balaban J connectivity index is 1.79. The average Bonchev–Trinajstić information content (AvgIpc) is 2.70. The van der Waals surface area contributed by atoms with Gasteiger partial charge in [0.15, 0.2) is 0 Å². The van der Waals surface area contributed by atoms with Crippen LogP contribution in [-0.4, -0.2) is 13.0 Å². The highest BCUT2D eigenvalue weighted by atomic mass is 32.2. The maximum atomic E-state index is 13.8. The van der Waals surface area contributed by atoms with Crippen molar-refractivity contribution in [2.24, 2.45) is 0 Å². The van der Waals surface area contributed by atoms with E-state index in [-0.39, 0.29) is 0 Å². The Morgan fingerprint density at radius 2 is 1.71 bits per heavy atom. The largest absolute Gasteiger partial charge is 0.496 e. The molecule has 3 rings (SSSR count). The summed E-state index contributed by atoms with van der Waals surface area (Å²) < 4.78 is 32.9. The van der Waals surface area contributed by atoms with Crippen LogP contribution in [0, 0.1) is 18.6 Å². The molecule has 0 fully saturated rings. The van der Waals surface area contributed by atoms with E-state index in [4.69, 9.17) is 4.74 Å². The third-order valence-corrected chi connectivity index (χ3v) is 5.22. The van der Waals surface area contributed by atoms with E-state index in [9.17, 15) is 13.6 Å². The Hall–Kier alpha value is -2.86. The smallest absolute Gasteiger partial charge is 0.255 e. The van der Waals surface area contributed by atoms with E-state index in [1.54, 1.807) is 37.1 Å². The van der Waals surface area contributed by atoms with Gasteiger partial charge in [-0.05, 0) is 49.4 Å². The molecule has 1 N–H and O–H groups in total. The van der Waals surface area contributed by atoms with Crippen molar-refractivity contribution in [3.05, 3.63) is 89.0 Å². The normalized spacial score (nSPS) is 10.6. The van der Waals surface area contributed by atoms with Crippen molar-refractivity contribution in [3.63, 3.8) is 0 Å². The third-order valence-electron chi connectivity index (χ3n) is 4.16. The van der Waals surface area contributed by atoms with Gasteiger partial charge in [0.2, 0.25) is 0 Å². The zero-order valence-corrected chi connectivity index (χ0v) is 16.3. The van der Waals surface area contributed by atoms with Gasteiger partial charge in [0.05, 0.1) is 7.11 Å². The van der Waals surface area contributed by atoms with Gasteiger partial charge in [-0.15, -0.1) is 11.8 Å². The minimum atomic E-state index is -0.822. The molecule has 28 heavy (non-hydrogen) atoms. The number of carbonyl (C=O) groups excluding carboxylic acids is 1. The second kappa shape index (κ2) is 8.89. The lowest BCUT2D eigenvalue weighted by Crippen LogP contribution is -2.14. The van der Waals surface area contributed by atoms with Crippen LogP contribution in [0.4, 0.5) is 14.5 Å². The quantitative estimate of drug-likeness (QED) is 0.530. The number of methoxy groups -OCH3 is 1. The second-order valence-corrected chi connectivity index (χ2v) is 7.23.